The molecule has 29 heavy (non-hydrogen) atoms. The number of halogens is 3. The largest absolute Gasteiger partial charge is 0.507 e. The number of nitrogens with zero attached hydrogens (tertiary/aromatic N) is 1. The van der Waals surface area contributed by atoms with Crippen LogP contribution in [-0.2, 0) is 6.18 Å². The van der Waals surface area contributed by atoms with Crippen LogP contribution < -0.4 is 10.0 Å². The maximum absolute atomic E-state index is 12.7. The molecule has 156 valence electrons. The SMILES string of the molecule is C=CC(C/C=C\C)Nc1sc(SNc2ccc(C(F)(F)F)c(O)c2)cc1[N+](=O)[O-]. The van der Waals surface area contributed by atoms with Crippen molar-refractivity contribution in [2.24, 2.45) is 0 Å². The van der Waals surface area contributed by atoms with Gasteiger partial charge < -0.3 is 15.1 Å². The molecular formula is C18H18F3N3O3S2. The van der Waals surface area contributed by atoms with Crippen molar-refractivity contribution in [3.63, 3.8) is 0 Å². The van der Waals surface area contributed by atoms with Gasteiger partial charge in [0.2, 0.25) is 0 Å². The summed E-state index contributed by atoms with van der Waals surface area (Å²) in [5.74, 6) is -0.902. The molecule has 0 aliphatic carbocycles. The Morgan fingerprint density at radius 3 is 2.69 bits per heavy atom. The van der Waals surface area contributed by atoms with Crippen molar-refractivity contribution in [1.82, 2.24) is 0 Å². The number of anilines is 2. The highest BCUT2D eigenvalue weighted by Crippen LogP contribution is 2.41. The summed E-state index contributed by atoms with van der Waals surface area (Å²) in [6.07, 6.45) is 1.39. The lowest BCUT2D eigenvalue weighted by Gasteiger charge is -2.12. The lowest BCUT2D eigenvalue weighted by molar-refractivity contribution is -0.383. The van der Waals surface area contributed by atoms with E-state index in [4.69, 9.17) is 0 Å². The average Bonchev–Trinajstić information content (AvgIpc) is 3.05. The quantitative estimate of drug-likeness (QED) is 0.178. The van der Waals surface area contributed by atoms with Crippen LogP contribution in [0.2, 0.25) is 0 Å². The van der Waals surface area contributed by atoms with E-state index in [1.807, 2.05) is 19.1 Å². The first kappa shape index (κ1) is 22.6. The van der Waals surface area contributed by atoms with E-state index in [0.717, 1.165) is 35.4 Å². The third kappa shape index (κ3) is 6.16. The Kier molecular flexibility index (Phi) is 7.57. The molecule has 0 amide bonds. The van der Waals surface area contributed by atoms with Gasteiger partial charge in [-0.2, -0.15) is 13.2 Å². The van der Waals surface area contributed by atoms with Gasteiger partial charge in [0.15, 0.2) is 5.00 Å². The van der Waals surface area contributed by atoms with E-state index in [0.29, 0.717) is 15.6 Å². The first-order valence-corrected chi connectivity index (χ1v) is 9.90. The number of alkyl halides is 3. The number of nitro groups is 1. The number of nitrogens with one attached hydrogen (secondary N) is 2. The van der Waals surface area contributed by atoms with Crippen LogP contribution in [0.1, 0.15) is 18.9 Å². The van der Waals surface area contributed by atoms with Gasteiger partial charge >= 0.3 is 11.9 Å². The summed E-state index contributed by atoms with van der Waals surface area (Å²) in [7, 11) is 0. The van der Waals surface area contributed by atoms with Gasteiger partial charge in [0.25, 0.3) is 0 Å². The second kappa shape index (κ2) is 9.70. The van der Waals surface area contributed by atoms with Gasteiger partial charge in [0.05, 0.1) is 14.7 Å². The molecule has 0 aliphatic rings. The molecule has 0 fully saturated rings. The number of hydrogen-bond donors (Lipinski definition) is 3. The standard InChI is InChI=1S/C18H18F3N3O3S2/c1-3-5-6-11(4-2)22-17-14(24(26)27)10-16(28-17)29-23-12-7-8-13(15(25)9-12)18(19,20)21/h3-5,7-11,22-23,25H,2,6H2,1H3/b5-3-. The van der Waals surface area contributed by atoms with Crippen molar-refractivity contribution in [3.05, 3.63) is 64.8 Å². The van der Waals surface area contributed by atoms with Gasteiger partial charge in [0, 0.05) is 23.9 Å². The molecule has 1 atom stereocenters. The number of phenolic OH excluding ortho intramolecular Hbond substituents is 1. The molecule has 0 bridgehead atoms. The fraction of sp³-hybridized carbons (Fsp3) is 0.222. The Labute approximate surface area is 173 Å². The molecule has 1 aromatic carbocycles. The summed E-state index contributed by atoms with van der Waals surface area (Å²) in [5, 5.41) is 24.3. The third-order valence-corrected chi connectivity index (χ3v) is 5.69. The van der Waals surface area contributed by atoms with E-state index in [2.05, 4.69) is 16.6 Å². The molecule has 11 heteroatoms. The van der Waals surface area contributed by atoms with Crippen LogP contribution in [0.25, 0.3) is 0 Å². The Balaban J connectivity index is 2.14. The monoisotopic (exact) mass is 445 g/mol. The highest BCUT2D eigenvalue weighted by atomic mass is 32.2. The molecule has 1 aromatic heterocycles. The van der Waals surface area contributed by atoms with Crippen molar-refractivity contribution < 1.29 is 23.2 Å². The van der Waals surface area contributed by atoms with E-state index in [1.165, 1.54) is 12.1 Å². The molecule has 1 heterocycles. The molecular weight excluding hydrogens is 427 g/mol. The highest BCUT2D eigenvalue weighted by molar-refractivity contribution is 8.02. The van der Waals surface area contributed by atoms with Crippen LogP contribution in [0.3, 0.4) is 0 Å². The average molecular weight is 445 g/mol. The summed E-state index contributed by atoms with van der Waals surface area (Å²) in [6.45, 7) is 5.59. The smallest absolute Gasteiger partial charge is 0.419 e. The van der Waals surface area contributed by atoms with Crippen molar-refractivity contribution in [2.75, 3.05) is 10.0 Å². The molecule has 3 N–H and O–H groups in total. The highest BCUT2D eigenvalue weighted by Gasteiger charge is 2.33. The summed E-state index contributed by atoms with van der Waals surface area (Å²) < 4.78 is 41.4. The predicted octanol–water partition coefficient (Wildman–Crippen LogP) is 6.43. The van der Waals surface area contributed by atoms with Crippen LogP contribution in [0, 0.1) is 10.1 Å². The maximum Gasteiger partial charge on any atom is 0.419 e. The zero-order valence-electron chi connectivity index (χ0n) is 15.2. The molecule has 0 saturated carbocycles. The second-order valence-corrected chi connectivity index (χ2v) is 7.92. The zero-order valence-corrected chi connectivity index (χ0v) is 16.8. The molecule has 0 aliphatic heterocycles. The molecule has 0 radical (unpaired) electrons. The Hall–Kier alpha value is -2.66. The lowest BCUT2D eigenvalue weighted by atomic mass is 10.2. The molecule has 1 unspecified atom stereocenters. The van der Waals surface area contributed by atoms with Crippen LogP contribution in [0.4, 0.5) is 29.5 Å². The Morgan fingerprint density at radius 2 is 2.14 bits per heavy atom. The summed E-state index contributed by atoms with van der Waals surface area (Å²) in [4.78, 5) is 10.8. The third-order valence-electron chi connectivity index (χ3n) is 3.69. The first-order chi connectivity index (χ1) is 13.7. The van der Waals surface area contributed by atoms with E-state index in [1.54, 1.807) is 6.08 Å². The van der Waals surface area contributed by atoms with Crippen molar-refractivity contribution >= 4 is 39.7 Å². The fourth-order valence-corrected chi connectivity index (χ4v) is 4.14. The van der Waals surface area contributed by atoms with Crippen LogP contribution >= 0.6 is 23.3 Å². The maximum atomic E-state index is 12.7. The Bertz CT molecular complexity index is 913. The van der Waals surface area contributed by atoms with Crippen molar-refractivity contribution in [1.29, 1.82) is 0 Å². The number of aromatic hydroxyl groups is 1. The van der Waals surface area contributed by atoms with Crippen molar-refractivity contribution in [2.45, 2.75) is 29.8 Å². The summed E-state index contributed by atoms with van der Waals surface area (Å²) in [6, 6.07) is 4.05. The van der Waals surface area contributed by atoms with Gasteiger partial charge in [-0.1, -0.05) is 18.2 Å². The van der Waals surface area contributed by atoms with Crippen LogP contribution in [0.15, 0.2) is 53.3 Å². The van der Waals surface area contributed by atoms with E-state index >= 15 is 0 Å². The zero-order chi connectivity index (χ0) is 21.6. The van der Waals surface area contributed by atoms with E-state index in [-0.39, 0.29) is 17.4 Å². The summed E-state index contributed by atoms with van der Waals surface area (Å²) >= 11 is 2.12. The minimum absolute atomic E-state index is 0.109. The molecule has 0 spiro atoms. The second-order valence-electron chi connectivity index (χ2n) is 5.76. The molecule has 6 nitrogen and oxygen atoms in total. The number of hydrogen-bond acceptors (Lipinski definition) is 7. The van der Waals surface area contributed by atoms with Gasteiger partial charge in [-0.05, 0) is 37.4 Å². The number of allylic oxidation sites excluding steroid dienone is 1. The van der Waals surface area contributed by atoms with Crippen molar-refractivity contribution in [3.8, 4) is 5.75 Å². The van der Waals surface area contributed by atoms with Gasteiger partial charge in [-0.25, -0.2) is 0 Å². The van der Waals surface area contributed by atoms with E-state index in [9.17, 15) is 28.4 Å². The van der Waals surface area contributed by atoms with Gasteiger partial charge in [-0.15, -0.1) is 17.9 Å². The number of thiophene rings is 1. The fourth-order valence-electron chi connectivity index (χ4n) is 2.26. The summed E-state index contributed by atoms with van der Waals surface area (Å²) in [5.41, 5.74) is -1.02. The normalized spacial score (nSPS) is 12.7. The van der Waals surface area contributed by atoms with E-state index < -0.39 is 22.4 Å². The molecule has 0 saturated heterocycles. The number of phenols is 1. The molecule has 2 rings (SSSR count). The Morgan fingerprint density at radius 1 is 1.41 bits per heavy atom. The number of rotatable bonds is 9. The minimum atomic E-state index is -4.65. The number of benzene rings is 1. The minimum Gasteiger partial charge on any atom is -0.507 e. The van der Waals surface area contributed by atoms with Gasteiger partial charge in [0.1, 0.15) is 5.75 Å². The van der Waals surface area contributed by atoms with Crippen LogP contribution in [-0.4, -0.2) is 16.1 Å². The van der Waals surface area contributed by atoms with Crippen LogP contribution in [0.5, 0.6) is 5.75 Å². The lowest BCUT2D eigenvalue weighted by Crippen LogP contribution is -2.15. The van der Waals surface area contributed by atoms with Gasteiger partial charge in [-0.3, -0.25) is 10.1 Å². The molecule has 2 aromatic rings. The first-order valence-electron chi connectivity index (χ1n) is 8.27. The predicted molar refractivity (Wildman–Crippen MR) is 111 cm³/mol. The topological polar surface area (TPSA) is 87.4 Å².